The molecule has 1 unspecified atom stereocenters. The number of aliphatic hydroxyl groups is 1. The van der Waals surface area contributed by atoms with Crippen molar-refractivity contribution in [3.05, 3.63) is 70.5 Å². The van der Waals surface area contributed by atoms with Crippen LogP contribution in [0.3, 0.4) is 0 Å². The molecule has 2 aromatic rings. The van der Waals surface area contributed by atoms with Crippen molar-refractivity contribution in [1.82, 2.24) is 0 Å². The van der Waals surface area contributed by atoms with Crippen LogP contribution < -0.4 is 0 Å². The minimum Gasteiger partial charge on any atom is -0.396 e. The van der Waals surface area contributed by atoms with Crippen LogP contribution in [0, 0.1) is 5.82 Å². The van der Waals surface area contributed by atoms with E-state index in [1.165, 1.54) is 41.7 Å². The highest BCUT2D eigenvalue weighted by molar-refractivity contribution is 5.36. The van der Waals surface area contributed by atoms with Gasteiger partial charge in [0.2, 0.25) is 0 Å². The summed E-state index contributed by atoms with van der Waals surface area (Å²) in [6.07, 6.45) is 4.34. The number of aryl methyl sites for hydroxylation is 2. The van der Waals surface area contributed by atoms with Crippen molar-refractivity contribution < 1.29 is 9.50 Å². The molecule has 1 aliphatic carbocycles. The van der Waals surface area contributed by atoms with E-state index in [2.05, 4.69) is 18.2 Å². The van der Waals surface area contributed by atoms with Crippen molar-refractivity contribution >= 4 is 0 Å². The van der Waals surface area contributed by atoms with Crippen LogP contribution in [-0.4, -0.2) is 11.7 Å². The molecule has 0 aromatic heterocycles. The zero-order valence-electron chi connectivity index (χ0n) is 11.5. The predicted molar refractivity (Wildman–Crippen MR) is 78.4 cm³/mol. The van der Waals surface area contributed by atoms with Gasteiger partial charge in [0.1, 0.15) is 5.82 Å². The summed E-state index contributed by atoms with van der Waals surface area (Å²) < 4.78 is 13.3. The van der Waals surface area contributed by atoms with Gasteiger partial charge in [-0.15, -0.1) is 0 Å². The van der Waals surface area contributed by atoms with Crippen molar-refractivity contribution in [1.29, 1.82) is 0 Å². The van der Waals surface area contributed by atoms with Gasteiger partial charge in [0.25, 0.3) is 0 Å². The minimum absolute atomic E-state index is 0.0369. The summed E-state index contributed by atoms with van der Waals surface area (Å²) in [6, 6.07) is 13.2. The molecule has 2 heteroatoms. The molecule has 3 rings (SSSR count). The van der Waals surface area contributed by atoms with Crippen LogP contribution in [-0.2, 0) is 19.3 Å². The smallest absolute Gasteiger partial charge is 0.123 e. The first-order valence-electron chi connectivity index (χ1n) is 7.23. The van der Waals surface area contributed by atoms with Crippen molar-refractivity contribution in [2.24, 2.45) is 0 Å². The number of aliphatic hydroxyl groups excluding tert-OH is 1. The summed E-state index contributed by atoms with van der Waals surface area (Å²) in [5, 5.41) is 9.60. The lowest BCUT2D eigenvalue weighted by molar-refractivity contribution is 0.264. The second-order valence-corrected chi connectivity index (χ2v) is 5.60. The average Bonchev–Trinajstić information content (AvgIpc) is 2.92. The molecule has 0 spiro atoms. The Morgan fingerprint density at radius 1 is 1.05 bits per heavy atom. The third-order valence-electron chi connectivity index (χ3n) is 4.19. The van der Waals surface area contributed by atoms with E-state index in [-0.39, 0.29) is 18.3 Å². The monoisotopic (exact) mass is 270 g/mol. The standard InChI is InChI=1S/C18H19FO/c19-18-6-2-5-16(11-18)17(12-20)10-13-7-8-14-3-1-4-15(14)9-13/h2,5-9,11,17,20H,1,3-4,10,12H2. The van der Waals surface area contributed by atoms with Gasteiger partial charge < -0.3 is 5.11 Å². The normalized spacial score (nSPS) is 15.1. The lowest BCUT2D eigenvalue weighted by Crippen LogP contribution is -2.08. The van der Waals surface area contributed by atoms with Crippen LogP contribution in [0.5, 0.6) is 0 Å². The molecule has 0 heterocycles. The fraction of sp³-hybridized carbons (Fsp3) is 0.333. The van der Waals surface area contributed by atoms with E-state index >= 15 is 0 Å². The van der Waals surface area contributed by atoms with Gasteiger partial charge in [-0.2, -0.15) is 0 Å². The fourth-order valence-corrected chi connectivity index (χ4v) is 3.08. The maximum Gasteiger partial charge on any atom is 0.123 e. The topological polar surface area (TPSA) is 20.2 Å². The second-order valence-electron chi connectivity index (χ2n) is 5.60. The van der Waals surface area contributed by atoms with Gasteiger partial charge in [0.05, 0.1) is 6.61 Å². The predicted octanol–water partition coefficient (Wildman–Crippen LogP) is 3.63. The van der Waals surface area contributed by atoms with E-state index in [1.807, 2.05) is 6.07 Å². The summed E-state index contributed by atoms with van der Waals surface area (Å²) in [5.74, 6) is -0.278. The highest BCUT2D eigenvalue weighted by atomic mass is 19.1. The number of halogens is 1. The largest absolute Gasteiger partial charge is 0.396 e. The molecular weight excluding hydrogens is 251 g/mol. The second kappa shape index (κ2) is 5.76. The lowest BCUT2D eigenvalue weighted by Gasteiger charge is -2.15. The number of hydrogen-bond acceptors (Lipinski definition) is 1. The van der Waals surface area contributed by atoms with Gasteiger partial charge >= 0.3 is 0 Å². The molecule has 1 atom stereocenters. The zero-order valence-corrected chi connectivity index (χ0v) is 11.5. The highest BCUT2D eigenvalue weighted by Crippen LogP contribution is 2.26. The molecular formula is C18H19FO. The van der Waals surface area contributed by atoms with Crippen LogP contribution in [0.1, 0.15) is 34.6 Å². The fourth-order valence-electron chi connectivity index (χ4n) is 3.08. The number of fused-ring (bicyclic) bond motifs is 1. The van der Waals surface area contributed by atoms with Crippen LogP contribution in [0.4, 0.5) is 4.39 Å². The van der Waals surface area contributed by atoms with Crippen LogP contribution >= 0.6 is 0 Å². The maximum atomic E-state index is 13.3. The van der Waals surface area contributed by atoms with E-state index in [0.717, 1.165) is 18.4 Å². The van der Waals surface area contributed by atoms with E-state index in [9.17, 15) is 9.50 Å². The first kappa shape index (κ1) is 13.3. The molecule has 0 fully saturated rings. The van der Waals surface area contributed by atoms with Crippen molar-refractivity contribution in [3.8, 4) is 0 Å². The average molecular weight is 270 g/mol. The number of benzene rings is 2. The highest BCUT2D eigenvalue weighted by Gasteiger charge is 2.15. The van der Waals surface area contributed by atoms with Crippen molar-refractivity contribution in [2.45, 2.75) is 31.6 Å². The van der Waals surface area contributed by atoms with E-state index in [4.69, 9.17) is 0 Å². The van der Waals surface area contributed by atoms with Gasteiger partial charge in [-0.25, -0.2) is 4.39 Å². The molecule has 0 radical (unpaired) electrons. The molecule has 0 aliphatic heterocycles. The van der Waals surface area contributed by atoms with Crippen LogP contribution in [0.25, 0.3) is 0 Å². The first-order chi connectivity index (χ1) is 9.76. The molecule has 0 bridgehead atoms. The quantitative estimate of drug-likeness (QED) is 0.899. The van der Waals surface area contributed by atoms with Gasteiger partial charge in [0.15, 0.2) is 0 Å². The van der Waals surface area contributed by atoms with Gasteiger partial charge in [-0.3, -0.25) is 0 Å². The molecule has 1 N–H and O–H groups in total. The van der Waals surface area contributed by atoms with E-state index in [0.29, 0.717) is 0 Å². The number of hydrogen-bond donors (Lipinski definition) is 1. The third kappa shape index (κ3) is 2.75. The van der Waals surface area contributed by atoms with E-state index in [1.54, 1.807) is 6.07 Å². The molecule has 1 nitrogen and oxygen atoms in total. The minimum atomic E-state index is -0.241. The Balaban J connectivity index is 1.81. The Bertz CT molecular complexity index is 606. The first-order valence-corrected chi connectivity index (χ1v) is 7.23. The zero-order chi connectivity index (χ0) is 13.9. The summed E-state index contributed by atoms with van der Waals surface area (Å²) in [7, 11) is 0. The Kier molecular flexibility index (Phi) is 3.83. The van der Waals surface area contributed by atoms with Gasteiger partial charge in [-0.1, -0.05) is 30.3 Å². The molecule has 104 valence electrons. The SMILES string of the molecule is OCC(Cc1ccc2c(c1)CCC2)c1cccc(F)c1. The summed E-state index contributed by atoms with van der Waals surface area (Å²) in [5.41, 5.74) is 5.00. The maximum absolute atomic E-state index is 13.3. The Morgan fingerprint density at radius 2 is 1.90 bits per heavy atom. The Labute approximate surface area is 119 Å². The molecule has 0 saturated heterocycles. The van der Waals surface area contributed by atoms with E-state index < -0.39 is 0 Å². The lowest BCUT2D eigenvalue weighted by atomic mass is 9.91. The molecule has 2 aromatic carbocycles. The molecule has 0 amide bonds. The summed E-state index contributed by atoms with van der Waals surface area (Å²) in [6.45, 7) is 0.0422. The molecule has 20 heavy (non-hydrogen) atoms. The van der Waals surface area contributed by atoms with Gasteiger partial charge in [0, 0.05) is 5.92 Å². The van der Waals surface area contributed by atoms with Crippen molar-refractivity contribution in [3.63, 3.8) is 0 Å². The third-order valence-corrected chi connectivity index (χ3v) is 4.19. The molecule has 1 aliphatic rings. The summed E-state index contributed by atoms with van der Waals surface area (Å²) >= 11 is 0. The Morgan fingerprint density at radius 3 is 2.70 bits per heavy atom. The van der Waals surface area contributed by atoms with Gasteiger partial charge in [-0.05, 0) is 60.1 Å². The summed E-state index contributed by atoms with van der Waals surface area (Å²) in [4.78, 5) is 0. The van der Waals surface area contributed by atoms with Crippen LogP contribution in [0.15, 0.2) is 42.5 Å². The molecule has 0 saturated carbocycles. The van der Waals surface area contributed by atoms with Crippen molar-refractivity contribution in [2.75, 3.05) is 6.61 Å². The number of rotatable bonds is 4. The van der Waals surface area contributed by atoms with Crippen LogP contribution in [0.2, 0.25) is 0 Å². The Hall–Kier alpha value is -1.67.